The smallest absolute Gasteiger partial charge is 0.244 e. The van der Waals surface area contributed by atoms with Crippen molar-refractivity contribution in [2.45, 2.75) is 50.5 Å². The van der Waals surface area contributed by atoms with Crippen molar-refractivity contribution in [3.05, 3.63) is 60.0 Å². The van der Waals surface area contributed by atoms with E-state index >= 15 is 0 Å². The van der Waals surface area contributed by atoms with Crippen LogP contribution in [0.25, 0.3) is 11.4 Å². The zero-order valence-corrected chi connectivity index (χ0v) is 18.7. The summed E-state index contributed by atoms with van der Waals surface area (Å²) in [7, 11) is -3.68. The molecule has 1 fully saturated rings. The third-order valence-corrected chi connectivity index (χ3v) is 7.13. The normalized spacial score (nSPS) is 16.1. The molecule has 0 amide bonds. The average Bonchev–Trinajstić information content (AvgIpc) is 3.10. The lowest BCUT2D eigenvalue weighted by Crippen LogP contribution is -2.27. The third kappa shape index (κ3) is 5.14. The summed E-state index contributed by atoms with van der Waals surface area (Å²) in [6, 6.07) is 14.2. The molecule has 1 aromatic heterocycles. The minimum Gasteiger partial charge on any atom is -0.372 e. The minimum absolute atomic E-state index is 0.203. The topological polar surface area (TPSA) is 88.3 Å². The fourth-order valence-electron chi connectivity index (χ4n) is 3.75. The van der Waals surface area contributed by atoms with Crippen molar-refractivity contribution in [1.29, 1.82) is 0 Å². The number of nitrogens with one attached hydrogen (secondary N) is 1. The summed E-state index contributed by atoms with van der Waals surface area (Å²) in [6.07, 6.45) is 5.05. The molecule has 4 rings (SSSR count). The first kappa shape index (κ1) is 21.5. The monoisotopic (exact) mass is 440 g/mol. The second-order valence-electron chi connectivity index (χ2n) is 8.06. The van der Waals surface area contributed by atoms with Gasteiger partial charge in [-0.25, -0.2) is 8.42 Å². The number of hydrogen-bond acceptors (Lipinski definition) is 6. The first-order valence-electron chi connectivity index (χ1n) is 10.7. The van der Waals surface area contributed by atoms with Crippen LogP contribution in [0.15, 0.2) is 57.9 Å². The molecule has 1 saturated heterocycles. The molecule has 1 N–H and O–H groups in total. The maximum atomic E-state index is 12.6. The number of anilines is 1. The van der Waals surface area contributed by atoms with Gasteiger partial charge in [0.05, 0.1) is 10.9 Å². The Labute approximate surface area is 183 Å². The van der Waals surface area contributed by atoms with E-state index < -0.39 is 16.1 Å². The number of aryl methyl sites for hydroxylation is 1. The number of aromatic nitrogens is 2. The lowest BCUT2D eigenvalue weighted by Gasteiger charge is -2.22. The second-order valence-corrected chi connectivity index (χ2v) is 9.77. The van der Waals surface area contributed by atoms with Crippen molar-refractivity contribution in [3.8, 4) is 11.4 Å². The molecule has 0 aliphatic carbocycles. The molecule has 0 spiro atoms. The standard InChI is InChI=1S/C23H28N4O3S/c1-17-7-13-21(14-8-17)31(28,29)26-18(2)23-24-22(25-30-23)19-9-11-20(12-10-19)27-15-5-3-4-6-16-27/h7-14,18,26H,3-6,15-16H2,1-2H3/t18-/m1/s1. The second kappa shape index (κ2) is 9.20. The van der Waals surface area contributed by atoms with Crippen molar-refractivity contribution in [1.82, 2.24) is 14.9 Å². The largest absolute Gasteiger partial charge is 0.372 e. The fourth-order valence-corrected chi connectivity index (χ4v) is 4.94. The number of sulfonamides is 1. The Hall–Kier alpha value is -2.71. The van der Waals surface area contributed by atoms with Crippen molar-refractivity contribution in [2.24, 2.45) is 0 Å². The maximum Gasteiger partial charge on any atom is 0.244 e. The summed E-state index contributed by atoms with van der Waals surface area (Å²) in [5.74, 6) is 0.668. The average molecular weight is 441 g/mol. The highest BCUT2D eigenvalue weighted by Crippen LogP contribution is 2.25. The summed E-state index contributed by atoms with van der Waals surface area (Å²) in [5.41, 5.74) is 3.03. The Bertz CT molecular complexity index is 1100. The Morgan fingerprint density at radius 3 is 2.26 bits per heavy atom. The van der Waals surface area contributed by atoms with Gasteiger partial charge in [0.15, 0.2) is 0 Å². The quantitative estimate of drug-likeness (QED) is 0.609. The molecule has 1 aliphatic rings. The van der Waals surface area contributed by atoms with Gasteiger partial charge in [0.2, 0.25) is 21.7 Å². The molecular weight excluding hydrogens is 412 g/mol. The molecule has 31 heavy (non-hydrogen) atoms. The van der Waals surface area contributed by atoms with Gasteiger partial charge in [-0.2, -0.15) is 9.71 Å². The van der Waals surface area contributed by atoms with E-state index in [1.54, 1.807) is 31.2 Å². The Balaban J connectivity index is 1.45. The molecule has 2 aromatic carbocycles. The van der Waals surface area contributed by atoms with Crippen LogP contribution in [0, 0.1) is 6.92 Å². The molecule has 0 bridgehead atoms. The number of nitrogens with zero attached hydrogens (tertiary/aromatic N) is 3. The highest BCUT2D eigenvalue weighted by Gasteiger charge is 2.23. The Morgan fingerprint density at radius 2 is 1.61 bits per heavy atom. The van der Waals surface area contributed by atoms with Gasteiger partial charge in [-0.1, -0.05) is 35.7 Å². The van der Waals surface area contributed by atoms with Gasteiger partial charge in [0.25, 0.3) is 0 Å². The Morgan fingerprint density at radius 1 is 0.968 bits per heavy atom. The molecular formula is C23H28N4O3S. The fraction of sp³-hybridized carbons (Fsp3) is 0.391. The highest BCUT2D eigenvalue weighted by molar-refractivity contribution is 7.89. The van der Waals surface area contributed by atoms with Gasteiger partial charge in [-0.3, -0.25) is 0 Å². The van der Waals surface area contributed by atoms with Crippen molar-refractivity contribution in [2.75, 3.05) is 18.0 Å². The Kier molecular flexibility index (Phi) is 6.38. The van der Waals surface area contributed by atoms with Gasteiger partial charge in [-0.15, -0.1) is 0 Å². The van der Waals surface area contributed by atoms with Gasteiger partial charge >= 0.3 is 0 Å². The van der Waals surface area contributed by atoms with E-state index in [1.165, 1.54) is 31.4 Å². The van der Waals surface area contributed by atoms with E-state index in [-0.39, 0.29) is 10.8 Å². The summed E-state index contributed by atoms with van der Waals surface area (Å²) in [6.45, 7) is 5.77. The molecule has 1 atom stereocenters. The maximum absolute atomic E-state index is 12.6. The molecule has 0 unspecified atom stereocenters. The van der Waals surface area contributed by atoms with Crippen LogP contribution in [0.1, 0.15) is 50.1 Å². The van der Waals surface area contributed by atoms with Crippen LogP contribution in [-0.2, 0) is 10.0 Å². The third-order valence-electron chi connectivity index (χ3n) is 5.57. The van der Waals surface area contributed by atoms with Crippen LogP contribution in [0.4, 0.5) is 5.69 Å². The van der Waals surface area contributed by atoms with Crippen molar-refractivity contribution < 1.29 is 12.9 Å². The van der Waals surface area contributed by atoms with E-state index in [9.17, 15) is 8.42 Å². The van der Waals surface area contributed by atoms with E-state index in [0.29, 0.717) is 5.82 Å². The zero-order chi connectivity index (χ0) is 21.8. The first-order chi connectivity index (χ1) is 14.9. The van der Waals surface area contributed by atoms with Crippen LogP contribution < -0.4 is 9.62 Å². The van der Waals surface area contributed by atoms with Crippen LogP contribution >= 0.6 is 0 Å². The van der Waals surface area contributed by atoms with Crippen LogP contribution in [0.2, 0.25) is 0 Å². The molecule has 0 radical (unpaired) electrons. The van der Waals surface area contributed by atoms with Gasteiger partial charge in [0.1, 0.15) is 0 Å². The first-order valence-corrected chi connectivity index (χ1v) is 12.2. The van der Waals surface area contributed by atoms with Crippen molar-refractivity contribution in [3.63, 3.8) is 0 Å². The lowest BCUT2D eigenvalue weighted by atomic mass is 10.2. The predicted octanol–water partition coefficient (Wildman–Crippen LogP) is 4.46. The van der Waals surface area contributed by atoms with E-state index in [2.05, 4.69) is 31.9 Å². The van der Waals surface area contributed by atoms with Crippen molar-refractivity contribution >= 4 is 15.7 Å². The molecule has 8 heteroatoms. The summed E-state index contributed by atoms with van der Waals surface area (Å²) >= 11 is 0. The zero-order valence-electron chi connectivity index (χ0n) is 17.9. The van der Waals surface area contributed by atoms with Crippen LogP contribution in [0.5, 0.6) is 0 Å². The SMILES string of the molecule is Cc1ccc(S(=O)(=O)N[C@H](C)c2nc(-c3ccc(N4CCCCCC4)cc3)no2)cc1. The number of benzene rings is 2. The van der Waals surface area contributed by atoms with Gasteiger partial charge in [-0.05, 0) is 63.1 Å². The lowest BCUT2D eigenvalue weighted by molar-refractivity contribution is 0.354. The molecule has 164 valence electrons. The van der Waals surface area contributed by atoms with Gasteiger partial charge in [0, 0.05) is 24.3 Å². The van der Waals surface area contributed by atoms with E-state index in [4.69, 9.17) is 4.52 Å². The molecule has 3 aromatic rings. The summed E-state index contributed by atoms with van der Waals surface area (Å²) in [4.78, 5) is 7.03. The minimum atomic E-state index is -3.68. The van der Waals surface area contributed by atoms with Gasteiger partial charge < -0.3 is 9.42 Å². The van der Waals surface area contributed by atoms with Crippen LogP contribution in [-0.4, -0.2) is 31.6 Å². The molecule has 7 nitrogen and oxygen atoms in total. The van der Waals surface area contributed by atoms with E-state index in [0.717, 1.165) is 24.2 Å². The molecule has 2 heterocycles. The number of hydrogen-bond donors (Lipinski definition) is 1. The summed E-state index contributed by atoms with van der Waals surface area (Å²) < 4.78 is 33.2. The highest BCUT2D eigenvalue weighted by atomic mass is 32.2. The number of rotatable bonds is 6. The van der Waals surface area contributed by atoms with E-state index in [1.807, 2.05) is 19.1 Å². The summed E-state index contributed by atoms with van der Waals surface area (Å²) in [5, 5.41) is 4.04. The molecule has 0 saturated carbocycles. The molecule has 1 aliphatic heterocycles. The van der Waals surface area contributed by atoms with Crippen LogP contribution in [0.3, 0.4) is 0 Å². The predicted molar refractivity (Wildman–Crippen MR) is 120 cm³/mol.